The van der Waals surface area contributed by atoms with Crippen LogP contribution in [-0.2, 0) is 11.2 Å². The molecule has 0 radical (unpaired) electrons. The average Bonchev–Trinajstić information content (AvgIpc) is 3.60. The van der Waals surface area contributed by atoms with Crippen molar-refractivity contribution in [2.75, 3.05) is 24.6 Å². The van der Waals surface area contributed by atoms with Crippen molar-refractivity contribution in [1.29, 1.82) is 0 Å². The Labute approximate surface area is 211 Å². The molecule has 1 N–H and O–H groups in total. The van der Waals surface area contributed by atoms with E-state index in [-0.39, 0.29) is 23.7 Å². The van der Waals surface area contributed by atoms with Crippen LogP contribution in [0.5, 0.6) is 5.75 Å². The Balaban J connectivity index is 1.01. The molecule has 0 spiro atoms. The molecule has 2 saturated carbocycles. The Kier molecular flexibility index (Phi) is 7.14. The Morgan fingerprint density at radius 3 is 2.66 bits per heavy atom. The second kappa shape index (κ2) is 10.3. The first-order valence-corrected chi connectivity index (χ1v) is 13.2. The molecule has 2 aliphatic carbocycles. The minimum atomic E-state index is -0.378. The molecule has 5 rings (SSSR count). The van der Waals surface area contributed by atoms with Crippen molar-refractivity contribution in [3.63, 3.8) is 0 Å². The van der Waals surface area contributed by atoms with E-state index in [1.54, 1.807) is 24.5 Å². The smallest absolute Gasteiger partial charge is 0.225 e. The summed E-state index contributed by atoms with van der Waals surface area (Å²) >= 11 is 5.89. The quantitative estimate of drug-likeness (QED) is 0.513. The predicted molar refractivity (Wildman–Crippen MR) is 134 cm³/mol. The molecule has 2 atom stereocenters. The highest BCUT2D eigenvalue weighted by Gasteiger charge is 2.43. The summed E-state index contributed by atoms with van der Waals surface area (Å²) in [6, 6.07) is 4.85. The highest BCUT2D eigenvalue weighted by molar-refractivity contribution is 6.30. The van der Waals surface area contributed by atoms with Gasteiger partial charge in [-0.2, -0.15) is 0 Å². The summed E-state index contributed by atoms with van der Waals surface area (Å²) in [5, 5.41) is 3.59. The van der Waals surface area contributed by atoms with Crippen molar-refractivity contribution < 1.29 is 13.9 Å². The van der Waals surface area contributed by atoms with E-state index in [0.29, 0.717) is 28.9 Å². The van der Waals surface area contributed by atoms with Crippen LogP contribution in [0.2, 0.25) is 5.02 Å². The van der Waals surface area contributed by atoms with Gasteiger partial charge in [0.2, 0.25) is 11.9 Å². The molecule has 2 heterocycles. The fraction of sp³-hybridized carbons (Fsp3) is 0.593. The molecule has 1 aromatic carbocycles. The molecule has 0 bridgehead atoms. The monoisotopic (exact) mass is 500 g/mol. The van der Waals surface area contributed by atoms with Crippen LogP contribution in [0.1, 0.15) is 57.4 Å². The predicted octanol–water partition coefficient (Wildman–Crippen LogP) is 5.19. The maximum Gasteiger partial charge on any atom is 0.225 e. The molecule has 188 valence electrons. The zero-order chi connectivity index (χ0) is 24.4. The summed E-state index contributed by atoms with van der Waals surface area (Å²) < 4.78 is 20.4. The van der Waals surface area contributed by atoms with Crippen molar-refractivity contribution in [1.82, 2.24) is 15.3 Å². The SMILES string of the molecule is CC1(NC(=O)Cc2ccc(OCCC3C[C@@H]3C3CCN(c4ncc(Cl)cn4)CC3)cc2F)CCC1. The van der Waals surface area contributed by atoms with Gasteiger partial charge in [-0.25, -0.2) is 14.4 Å². The van der Waals surface area contributed by atoms with Crippen molar-refractivity contribution >= 4 is 23.5 Å². The number of nitrogens with one attached hydrogen (secondary N) is 1. The highest BCUT2D eigenvalue weighted by atomic mass is 35.5. The number of piperidine rings is 1. The van der Waals surface area contributed by atoms with Gasteiger partial charge in [0.1, 0.15) is 11.6 Å². The summed E-state index contributed by atoms with van der Waals surface area (Å²) in [6.45, 7) is 4.60. The molecule has 1 amide bonds. The van der Waals surface area contributed by atoms with Crippen molar-refractivity contribution in [3.8, 4) is 5.75 Å². The molecule has 3 fully saturated rings. The summed E-state index contributed by atoms with van der Waals surface area (Å²) in [7, 11) is 0. The zero-order valence-electron chi connectivity index (χ0n) is 20.3. The maximum atomic E-state index is 14.5. The van der Waals surface area contributed by atoms with Gasteiger partial charge in [-0.05, 0) is 81.3 Å². The molecule has 1 aromatic heterocycles. The lowest BCUT2D eigenvalue weighted by Gasteiger charge is -2.39. The Morgan fingerprint density at radius 2 is 2.00 bits per heavy atom. The summed E-state index contributed by atoms with van der Waals surface area (Å²) in [5.41, 5.74) is 0.301. The molecule has 6 nitrogen and oxygen atoms in total. The lowest BCUT2D eigenvalue weighted by molar-refractivity contribution is -0.123. The van der Waals surface area contributed by atoms with Crippen LogP contribution in [0, 0.1) is 23.6 Å². The van der Waals surface area contributed by atoms with Gasteiger partial charge in [0.25, 0.3) is 0 Å². The van der Waals surface area contributed by atoms with E-state index in [9.17, 15) is 9.18 Å². The Bertz CT molecular complexity index is 1040. The number of benzene rings is 1. The lowest BCUT2D eigenvalue weighted by atomic mass is 9.78. The number of aromatic nitrogens is 2. The van der Waals surface area contributed by atoms with E-state index in [2.05, 4.69) is 20.2 Å². The fourth-order valence-corrected chi connectivity index (χ4v) is 5.75. The standard InChI is InChI=1S/C27H34ClFN4O2/c1-27(8-2-9-27)32-25(34)14-20-3-4-22(15-24(20)29)35-12-7-19-13-23(19)18-5-10-33(11-6-18)26-30-16-21(28)17-31-26/h3-4,15-19,23H,2,5-14H2,1H3,(H,32,34)/t19?,23-/m1/s1. The normalized spacial score (nSPS) is 23.5. The minimum absolute atomic E-state index is 0.0639. The van der Waals surface area contributed by atoms with E-state index in [4.69, 9.17) is 16.3 Å². The number of carbonyl (C=O) groups is 1. The fourth-order valence-electron chi connectivity index (χ4n) is 5.65. The number of ether oxygens (including phenoxy) is 1. The van der Waals surface area contributed by atoms with Crippen molar-refractivity contribution in [2.45, 2.75) is 63.8 Å². The molecule has 8 heteroatoms. The second-order valence-corrected chi connectivity index (χ2v) is 11.2. The van der Waals surface area contributed by atoms with Gasteiger partial charge in [0.15, 0.2) is 0 Å². The number of amides is 1. The van der Waals surface area contributed by atoms with Crippen LogP contribution in [-0.4, -0.2) is 41.1 Å². The molecular weight excluding hydrogens is 467 g/mol. The minimum Gasteiger partial charge on any atom is -0.493 e. The van der Waals surface area contributed by atoms with E-state index >= 15 is 0 Å². The van der Waals surface area contributed by atoms with Crippen LogP contribution in [0.25, 0.3) is 0 Å². The number of carbonyl (C=O) groups excluding carboxylic acids is 1. The van der Waals surface area contributed by atoms with Gasteiger partial charge in [-0.3, -0.25) is 4.79 Å². The first-order chi connectivity index (χ1) is 16.9. The van der Waals surface area contributed by atoms with Crippen molar-refractivity contribution in [3.05, 3.63) is 47.0 Å². The third-order valence-electron chi connectivity index (χ3n) is 8.04. The molecule has 2 aromatic rings. The summed E-state index contributed by atoms with van der Waals surface area (Å²) in [6.07, 6.45) is 11.1. The maximum absolute atomic E-state index is 14.5. The van der Waals surface area contributed by atoms with E-state index in [1.165, 1.54) is 12.5 Å². The number of halogens is 2. The second-order valence-electron chi connectivity index (χ2n) is 10.7. The summed E-state index contributed by atoms with van der Waals surface area (Å²) in [5.74, 6) is 3.00. The van der Waals surface area contributed by atoms with Gasteiger partial charge in [-0.1, -0.05) is 17.7 Å². The molecule has 35 heavy (non-hydrogen) atoms. The van der Waals surface area contributed by atoms with Crippen LogP contribution in [0.15, 0.2) is 30.6 Å². The Hall–Kier alpha value is -2.41. The van der Waals surface area contributed by atoms with Gasteiger partial charge in [0.05, 0.1) is 30.4 Å². The largest absolute Gasteiger partial charge is 0.493 e. The zero-order valence-corrected chi connectivity index (χ0v) is 21.1. The lowest BCUT2D eigenvalue weighted by Crippen LogP contribution is -2.51. The number of rotatable bonds is 9. The van der Waals surface area contributed by atoms with Crippen molar-refractivity contribution in [2.24, 2.45) is 17.8 Å². The first-order valence-electron chi connectivity index (χ1n) is 12.8. The number of nitrogens with zero attached hydrogens (tertiary/aromatic N) is 3. The topological polar surface area (TPSA) is 67.3 Å². The van der Waals surface area contributed by atoms with E-state index in [0.717, 1.165) is 69.4 Å². The third kappa shape index (κ3) is 6.05. The number of hydrogen-bond donors (Lipinski definition) is 1. The molecular formula is C27H34ClFN4O2. The van der Waals surface area contributed by atoms with Gasteiger partial charge in [0, 0.05) is 24.7 Å². The van der Waals surface area contributed by atoms with Gasteiger partial charge < -0.3 is 15.0 Å². The van der Waals surface area contributed by atoms with Crippen LogP contribution in [0.3, 0.4) is 0 Å². The molecule has 1 aliphatic heterocycles. The molecule has 1 unspecified atom stereocenters. The van der Waals surface area contributed by atoms with Gasteiger partial charge in [-0.15, -0.1) is 0 Å². The molecule has 3 aliphatic rings. The molecule has 1 saturated heterocycles. The van der Waals surface area contributed by atoms with Crippen LogP contribution < -0.4 is 15.0 Å². The first kappa shape index (κ1) is 24.3. The van der Waals surface area contributed by atoms with E-state index < -0.39 is 0 Å². The summed E-state index contributed by atoms with van der Waals surface area (Å²) in [4.78, 5) is 23.2. The Morgan fingerprint density at radius 1 is 1.26 bits per heavy atom. The highest BCUT2D eigenvalue weighted by Crippen LogP contribution is 2.49. The van der Waals surface area contributed by atoms with Crippen LogP contribution in [0.4, 0.5) is 10.3 Å². The van der Waals surface area contributed by atoms with Crippen LogP contribution >= 0.6 is 11.6 Å². The number of hydrogen-bond acceptors (Lipinski definition) is 5. The average molecular weight is 501 g/mol. The number of anilines is 1. The third-order valence-corrected chi connectivity index (χ3v) is 8.24. The van der Waals surface area contributed by atoms with E-state index in [1.807, 2.05) is 6.92 Å². The van der Waals surface area contributed by atoms with Gasteiger partial charge >= 0.3 is 0 Å².